The lowest BCUT2D eigenvalue weighted by atomic mass is 9.73. The van der Waals surface area contributed by atoms with Crippen molar-refractivity contribution in [3.8, 4) is 21.7 Å². The smallest absolute Gasteiger partial charge is 0.124 e. The Hall–Kier alpha value is -4.21. The Labute approximate surface area is 259 Å². The largest absolute Gasteiger partial charge is 0.310 e. The number of fused-ring (bicyclic) bond motifs is 4. The molecule has 0 fully saturated rings. The van der Waals surface area contributed by atoms with Crippen LogP contribution in [0.4, 0.5) is 17.1 Å². The van der Waals surface area contributed by atoms with Crippen LogP contribution in [0.1, 0.15) is 62.8 Å². The van der Waals surface area contributed by atoms with Crippen molar-refractivity contribution in [2.75, 3.05) is 4.90 Å². The Morgan fingerprint density at radius 1 is 0.628 bits per heavy atom. The number of nitrogens with zero attached hydrogens (tertiary/aromatic N) is 2. The summed E-state index contributed by atoms with van der Waals surface area (Å²) in [6.45, 7) is 9.25. The van der Waals surface area contributed by atoms with Gasteiger partial charge in [0.1, 0.15) is 5.01 Å². The number of anilines is 3. The Morgan fingerprint density at radius 3 is 1.95 bits per heavy atom. The molecular weight excluding hydrogens is 541 g/mol. The third kappa shape index (κ3) is 4.41. The Morgan fingerprint density at radius 2 is 1.28 bits per heavy atom. The van der Waals surface area contributed by atoms with Gasteiger partial charge >= 0.3 is 0 Å². The molecule has 1 aliphatic rings. The predicted molar refractivity (Wildman–Crippen MR) is 185 cm³/mol. The molecule has 0 spiro atoms. The zero-order valence-corrected chi connectivity index (χ0v) is 26.3. The highest BCUT2D eigenvalue weighted by Crippen LogP contribution is 2.55. The fraction of sp³-hybridized carbons (Fsp3) is 0.225. The van der Waals surface area contributed by atoms with Crippen LogP contribution in [0.25, 0.3) is 31.9 Å². The van der Waals surface area contributed by atoms with E-state index in [0.29, 0.717) is 0 Å². The number of rotatable bonds is 8. The van der Waals surface area contributed by atoms with Crippen LogP contribution in [0.15, 0.2) is 109 Å². The number of para-hydroxylation sites is 3. The van der Waals surface area contributed by atoms with Crippen molar-refractivity contribution in [2.45, 2.75) is 58.8 Å². The SMILES string of the molecule is CCc1cccc(CC)c1N(c1ccccc1)c1ccc2c(c1)C(CC)(CC)c1cc(-c3nc4ccccc4s3)ccc1-2. The third-order valence-corrected chi connectivity index (χ3v) is 10.6. The van der Waals surface area contributed by atoms with Gasteiger partial charge in [-0.1, -0.05) is 94.4 Å². The molecule has 0 saturated heterocycles. The Bertz CT molecular complexity index is 1870. The maximum atomic E-state index is 5.01. The van der Waals surface area contributed by atoms with Crippen LogP contribution in [0.3, 0.4) is 0 Å². The molecule has 6 aromatic rings. The maximum absolute atomic E-state index is 5.01. The lowest BCUT2D eigenvalue weighted by Gasteiger charge is -2.33. The summed E-state index contributed by atoms with van der Waals surface area (Å²) < 4.78 is 1.24. The van der Waals surface area contributed by atoms with Gasteiger partial charge < -0.3 is 4.90 Å². The first-order valence-electron chi connectivity index (χ1n) is 15.7. The molecule has 214 valence electrons. The fourth-order valence-corrected chi connectivity index (χ4v) is 8.21. The molecule has 5 aromatic carbocycles. The number of aromatic nitrogens is 1. The first-order valence-corrected chi connectivity index (χ1v) is 16.5. The van der Waals surface area contributed by atoms with Gasteiger partial charge in [-0.3, -0.25) is 0 Å². The van der Waals surface area contributed by atoms with E-state index in [9.17, 15) is 0 Å². The number of hydrogen-bond acceptors (Lipinski definition) is 3. The van der Waals surface area contributed by atoms with E-state index in [1.165, 1.54) is 60.7 Å². The summed E-state index contributed by atoms with van der Waals surface area (Å²) in [5.74, 6) is 0. The molecule has 0 saturated carbocycles. The molecule has 0 bridgehead atoms. The minimum Gasteiger partial charge on any atom is -0.310 e. The second-order valence-electron chi connectivity index (χ2n) is 11.6. The quantitative estimate of drug-likeness (QED) is 0.179. The van der Waals surface area contributed by atoms with Crippen molar-refractivity contribution < 1.29 is 0 Å². The van der Waals surface area contributed by atoms with Crippen molar-refractivity contribution in [3.05, 3.63) is 131 Å². The molecule has 3 heteroatoms. The van der Waals surface area contributed by atoms with Gasteiger partial charge in [0.25, 0.3) is 0 Å². The van der Waals surface area contributed by atoms with Crippen molar-refractivity contribution in [2.24, 2.45) is 0 Å². The average molecular weight is 579 g/mol. The molecule has 2 nitrogen and oxygen atoms in total. The van der Waals surface area contributed by atoms with E-state index in [1.807, 2.05) is 0 Å². The van der Waals surface area contributed by atoms with E-state index in [1.54, 1.807) is 11.3 Å². The molecule has 1 aliphatic carbocycles. The number of benzene rings is 5. The summed E-state index contributed by atoms with van der Waals surface area (Å²) in [5.41, 5.74) is 14.4. The lowest BCUT2D eigenvalue weighted by Crippen LogP contribution is -2.23. The van der Waals surface area contributed by atoms with E-state index >= 15 is 0 Å². The van der Waals surface area contributed by atoms with Crippen LogP contribution < -0.4 is 4.90 Å². The summed E-state index contributed by atoms with van der Waals surface area (Å²) in [4.78, 5) is 7.51. The fourth-order valence-electron chi connectivity index (χ4n) is 7.25. The zero-order valence-electron chi connectivity index (χ0n) is 25.5. The maximum Gasteiger partial charge on any atom is 0.124 e. The van der Waals surface area contributed by atoms with Crippen LogP contribution in [-0.4, -0.2) is 4.98 Å². The van der Waals surface area contributed by atoms with E-state index in [4.69, 9.17) is 4.98 Å². The first kappa shape index (κ1) is 27.6. The predicted octanol–water partition coefficient (Wildman–Crippen LogP) is 11.6. The summed E-state index contributed by atoms with van der Waals surface area (Å²) in [5, 5.41) is 1.10. The molecule has 43 heavy (non-hydrogen) atoms. The molecule has 0 aliphatic heterocycles. The van der Waals surface area contributed by atoms with Crippen molar-refractivity contribution in [1.82, 2.24) is 4.98 Å². The average Bonchev–Trinajstić information content (AvgIpc) is 3.62. The summed E-state index contributed by atoms with van der Waals surface area (Å²) in [7, 11) is 0. The van der Waals surface area contributed by atoms with Crippen LogP contribution in [0.2, 0.25) is 0 Å². The number of hydrogen-bond donors (Lipinski definition) is 0. The van der Waals surface area contributed by atoms with E-state index in [-0.39, 0.29) is 5.41 Å². The second-order valence-corrected chi connectivity index (χ2v) is 12.6. The summed E-state index contributed by atoms with van der Waals surface area (Å²) in [6.07, 6.45) is 4.08. The standard InChI is InChI=1S/C40H38N2S/c1-5-27-15-14-16-28(6-2)38(27)42(30-17-10-9-11-18-30)31-22-24-33-32-23-21-29(39-41-36-19-12-13-20-37(36)43-39)25-34(32)40(7-3,8-4)35(33)26-31/h9-26H,5-8H2,1-4H3. The van der Waals surface area contributed by atoms with Crippen LogP contribution >= 0.6 is 11.3 Å². The third-order valence-electron chi connectivity index (χ3n) is 9.55. The van der Waals surface area contributed by atoms with Crippen LogP contribution in [-0.2, 0) is 18.3 Å². The number of thiazole rings is 1. The van der Waals surface area contributed by atoms with Crippen molar-refractivity contribution in [3.63, 3.8) is 0 Å². The summed E-state index contributed by atoms with van der Waals surface area (Å²) >= 11 is 1.79. The van der Waals surface area contributed by atoms with Crippen LogP contribution in [0.5, 0.6) is 0 Å². The molecule has 0 atom stereocenters. The lowest BCUT2D eigenvalue weighted by molar-refractivity contribution is 0.490. The van der Waals surface area contributed by atoms with E-state index < -0.39 is 0 Å². The molecule has 0 unspecified atom stereocenters. The molecule has 0 radical (unpaired) electrons. The molecule has 1 heterocycles. The zero-order chi connectivity index (χ0) is 29.6. The van der Waals surface area contributed by atoms with Crippen molar-refractivity contribution in [1.29, 1.82) is 0 Å². The molecule has 0 amide bonds. The van der Waals surface area contributed by atoms with Gasteiger partial charge in [0, 0.05) is 22.4 Å². The topological polar surface area (TPSA) is 16.1 Å². The number of aryl methyl sites for hydroxylation is 2. The van der Waals surface area contributed by atoms with Gasteiger partial charge in [-0.25, -0.2) is 4.98 Å². The Balaban J connectivity index is 1.41. The van der Waals surface area contributed by atoms with Gasteiger partial charge in [0.15, 0.2) is 0 Å². The molecular formula is C40H38N2S. The highest BCUT2D eigenvalue weighted by atomic mass is 32.1. The monoisotopic (exact) mass is 578 g/mol. The minimum atomic E-state index is -0.0480. The van der Waals surface area contributed by atoms with E-state index in [2.05, 4.69) is 142 Å². The van der Waals surface area contributed by atoms with Gasteiger partial charge in [-0.2, -0.15) is 0 Å². The van der Waals surface area contributed by atoms with Gasteiger partial charge in [0.2, 0.25) is 0 Å². The van der Waals surface area contributed by atoms with E-state index in [0.717, 1.165) is 36.2 Å². The van der Waals surface area contributed by atoms with Gasteiger partial charge in [-0.05, 0) is 102 Å². The van der Waals surface area contributed by atoms with Gasteiger partial charge in [0.05, 0.1) is 15.9 Å². The second kappa shape index (κ2) is 11.1. The highest BCUT2D eigenvalue weighted by molar-refractivity contribution is 7.21. The molecule has 1 aromatic heterocycles. The minimum absolute atomic E-state index is 0.0480. The molecule has 7 rings (SSSR count). The Kier molecular flexibility index (Phi) is 7.15. The van der Waals surface area contributed by atoms with Crippen LogP contribution in [0, 0.1) is 0 Å². The van der Waals surface area contributed by atoms with Gasteiger partial charge in [-0.15, -0.1) is 11.3 Å². The van der Waals surface area contributed by atoms with Crippen molar-refractivity contribution >= 4 is 38.6 Å². The highest BCUT2D eigenvalue weighted by Gasteiger charge is 2.41. The molecule has 0 N–H and O–H groups in total. The normalized spacial score (nSPS) is 13.2. The first-order chi connectivity index (χ1) is 21.1. The summed E-state index contributed by atoms with van der Waals surface area (Å²) in [6, 6.07) is 40.4.